The first-order valence-corrected chi connectivity index (χ1v) is 9.22. The predicted molar refractivity (Wildman–Crippen MR) is 94.7 cm³/mol. The van der Waals surface area contributed by atoms with Crippen LogP contribution in [-0.4, -0.2) is 20.5 Å². The molecule has 2 rings (SSSR count). The maximum absolute atomic E-state index is 12.7. The van der Waals surface area contributed by atoms with Gasteiger partial charge in [-0.05, 0) is 42.2 Å². The molecule has 0 saturated heterocycles. The molecule has 0 atom stereocenters. The van der Waals surface area contributed by atoms with E-state index in [-0.39, 0.29) is 16.9 Å². The summed E-state index contributed by atoms with van der Waals surface area (Å²) in [5.41, 5.74) is 1.94. The Bertz CT molecular complexity index is 810. The number of nitrogens with zero attached hydrogens (tertiary/aromatic N) is 1. The van der Waals surface area contributed by atoms with Crippen LogP contribution in [0.25, 0.3) is 0 Å². The SMILES string of the molecule is COc1cc(C)c(S(=O)(=O)NCc2ccccn2)cc1C(C)(C)C. The van der Waals surface area contributed by atoms with Crippen LogP contribution in [0.15, 0.2) is 41.4 Å². The van der Waals surface area contributed by atoms with Gasteiger partial charge in [-0.25, -0.2) is 13.1 Å². The second kappa shape index (κ2) is 6.91. The van der Waals surface area contributed by atoms with E-state index in [0.29, 0.717) is 17.0 Å². The van der Waals surface area contributed by atoms with Crippen molar-refractivity contribution in [2.24, 2.45) is 0 Å². The van der Waals surface area contributed by atoms with Crippen molar-refractivity contribution in [3.05, 3.63) is 53.3 Å². The van der Waals surface area contributed by atoms with Crippen LogP contribution in [0, 0.1) is 6.92 Å². The lowest BCUT2D eigenvalue weighted by Gasteiger charge is -2.24. The molecule has 0 bridgehead atoms. The molecule has 0 saturated carbocycles. The van der Waals surface area contributed by atoms with Gasteiger partial charge < -0.3 is 4.74 Å². The fraction of sp³-hybridized carbons (Fsp3) is 0.389. The number of methoxy groups -OCH3 is 1. The van der Waals surface area contributed by atoms with Crippen LogP contribution in [0.4, 0.5) is 0 Å². The summed E-state index contributed by atoms with van der Waals surface area (Å²) in [6.07, 6.45) is 1.64. The Balaban J connectivity index is 2.39. The van der Waals surface area contributed by atoms with Crippen LogP contribution in [-0.2, 0) is 22.0 Å². The average molecular weight is 348 g/mol. The van der Waals surface area contributed by atoms with Gasteiger partial charge in [0.05, 0.1) is 24.2 Å². The standard InChI is InChI=1S/C18H24N2O3S/c1-13-10-16(23-5)15(18(2,3)4)11-17(13)24(21,22)20-12-14-8-6-7-9-19-14/h6-11,20H,12H2,1-5H3. The topological polar surface area (TPSA) is 68.3 Å². The van der Waals surface area contributed by atoms with Crippen molar-refractivity contribution in [1.82, 2.24) is 9.71 Å². The van der Waals surface area contributed by atoms with E-state index in [2.05, 4.69) is 9.71 Å². The number of aryl methyl sites for hydroxylation is 1. The number of benzene rings is 1. The molecule has 0 amide bonds. The van der Waals surface area contributed by atoms with Gasteiger partial charge in [0.2, 0.25) is 10.0 Å². The van der Waals surface area contributed by atoms with E-state index in [4.69, 9.17) is 4.74 Å². The first-order chi connectivity index (χ1) is 11.1. The molecule has 24 heavy (non-hydrogen) atoms. The fourth-order valence-electron chi connectivity index (χ4n) is 2.46. The Kier molecular flexibility index (Phi) is 5.30. The molecule has 130 valence electrons. The zero-order chi connectivity index (χ0) is 18.0. The summed E-state index contributed by atoms with van der Waals surface area (Å²) in [5.74, 6) is 0.698. The number of sulfonamides is 1. The summed E-state index contributed by atoms with van der Waals surface area (Å²) in [4.78, 5) is 4.40. The summed E-state index contributed by atoms with van der Waals surface area (Å²) >= 11 is 0. The van der Waals surface area contributed by atoms with Crippen molar-refractivity contribution in [2.75, 3.05) is 7.11 Å². The highest BCUT2D eigenvalue weighted by molar-refractivity contribution is 7.89. The van der Waals surface area contributed by atoms with E-state index in [1.807, 2.05) is 26.8 Å². The minimum atomic E-state index is -3.64. The third kappa shape index (κ3) is 4.13. The second-order valence-electron chi connectivity index (χ2n) is 6.71. The molecule has 0 fully saturated rings. The van der Waals surface area contributed by atoms with E-state index in [1.165, 1.54) is 0 Å². The predicted octanol–water partition coefficient (Wildman–Crippen LogP) is 3.17. The fourth-order valence-corrected chi connectivity index (χ4v) is 3.70. The third-order valence-electron chi connectivity index (χ3n) is 3.76. The molecule has 0 unspecified atom stereocenters. The van der Waals surface area contributed by atoms with Gasteiger partial charge in [-0.3, -0.25) is 4.98 Å². The monoisotopic (exact) mass is 348 g/mol. The van der Waals surface area contributed by atoms with Crippen molar-refractivity contribution in [3.63, 3.8) is 0 Å². The van der Waals surface area contributed by atoms with Crippen LogP contribution in [0.5, 0.6) is 5.75 Å². The Morgan fingerprint density at radius 1 is 1.21 bits per heavy atom. The molecule has 0 radical (unpaired) electrons. The van der Waals surface area contributed by atoms with Crippen LogP contribution in [0.1, 0.15) is 37.6 Å². The molecule has 2 aromatic rings. The summed E-state index contributed by atoms with van der Waals surface area (Å²) < 4.78 is 33.5. The largest absolute Gasteiger partial charge is 0.496 e. The van der Waals surface area contributed by atoms with Crippen LogP contribution in [0.2, 0.25) is 0 Å². The van der Waals surface area contributed by atoms with Gasteiger partial charge >= 0.3 is 0 Å². The molecule has 0 aliphatic carbocycles. The minimum absolute atomic E-state index is 0.152. The number of pyridine rings is 1. The van der Waals surface area contributed by atoms with Gasteiger partial charge in [0, 0.05) is 11.8 Å². The van der Waals surface area contributed by atoms with Crippen molar-refractivity contribution in [2.45, 2.75) is 44.6 Å². The Labute approximate surface area is 144 Å². The molecule has 0 spiro atoms. The highest BCUT2D eigenvalue weighted by Crippen LogP contribution is 2.35. The quantitative estimate of drug-likeness (QED) is 0.901. The van der Waals surface area contributed by atoms with Crippen molar-refractivity contribution in [1.29, 1.82) is 0 Å². The van der Waals surface area contributed by atoms with Crippen LogP contribution < -0.4 is 9.46 Å². The number of nitrogens with one attached hydrogen (secondary N) is 1. The Morgan fingerprint density at radius 3 is 2.46 bits per heavy atom. The number of rotatable bonds is 5. The van der Waals surface area contributed by atoms with Gasteiger partial charge in [-0.2, -0.15) is 0 Å². The van der Waals surface area contributed by atoms with Gasteiger partial charge in [0.1, 0.15) is 5.75 Å². The summed E-state index contributed by atoms with van der Waals surface area (Å²) in [6, 6.07) is 8.88. The molecule has 1 heterocycles. The smallest absolute Gasteiger partial charge is 0.241 e. The van der Waals surface area contributed by atoms with Gasteiger partial charge in [0.15, 0.2) is 0 Å². The van der Waals surface area contributed by atoms with Crippen molar-refractivity contribution in [3.8, 4) is 5.75 Å². The maximum Gasteiger partial charge on any atom is 0.241 e. The molecule has 5 nitrogen and oxygen atoms in total. The molecule has 6 heteroatoms. The zero-order valence-corrected chi connectivity index (χ0v) is 15.6. The lowest BCUT2D eigenvalue weighted by molar-refractivity contribution is 0.396. The summed E-state index contributed by atoms with van der Waals surface area (Å²) in [6.45, 7) is 8.00. The molecule has 1 N–H and O–H groups in total. The summed E-state index contributed by atoms with van der Waals surface area (Å²) in [7, 11) is -2.05. The van der Waals surface area contributed by atoms with Crippen molar-refractivity contribution < 1.29 is 13.2 Å². The number of ether oxygens (including phenoxy) is 1. The lowest BCUT2D eigenvalue weighted by Crippen LogP contribution is -2.25. The second-order valence-corrected chi connectivity index (χ2v) is 8.45. The molecule has 0 aliphatic rings. The van der Waals surface area contributed by atoms with Gasteiger partial charge in [0.25, 0.3) is 0 Å². The molecule has 1 aromatic heterocycles. The zero-order valence-electron chi connectivity index (χ0n) is 14.8. The van der Waals surface area contributed by atoms with Gasteiger partial charge in [-0.1, -0.05) is 26.8 Å². The van der Waals surface area contributed by atoms with E-state index in [9.17, 15) is 8.42 Å². The highest BCUT2D eigenvalue weighted by Gasteiger charge is 2.25. The van der Waals surface area contributed by atoms with E-state index < -0.39 is 10.0 Å². The van der Waals surface area contributed by atoms with Crippen molar-refractivity contribution >= 4 is 10.0 Å². The minimum Gasteiger partial charge on any atom is -0.496 e. The van der Waals surface area contributed by atoms with E-state index in [0.717, 1.165) is 5.56 Å². The first kappa shape index (κ1) is 18.4. The van der Waals surface area contributed by atoms with E-state index in [1.54, 1.807) is 44.5 Å². The number of hydrogen-bond donors (Lipinski definition) is 1. The first-order valence-electron chi connectivity index (χ1n) is 7.74. The lowest BCUT2D eigenvalue weighted by atomic mass is 9.86. The Morgan fingerprint density at radius 2 is 1.92 bits per heavy atom. The molecule has 1 aromatic carbocycles. The van der Waals surface area contributed by atoms with E-state index >= 15 is 0 Å². The Hall–Kier alpha value is -1.92. The third-order valence-corrected chi connectivity index (χ3v) is 5.31. The normalized spacial score (nSPS) is 12.2. The number of hydrogen-bond acceptors (Lipinski definition) is 4. The number of aromatic nitrogens is 1. The summed E-state index contributed by atoms with van der Waals surface area (Å²) in [5, 5.41) is 0. The molecule has 0 aliphatic heterocycles. The molecular formula is C18H24N2O3S. The maximum atomic E-state index is 12.7. The highest BCUT2D eigenvalue weighted by atomic mass is 32.2. The molecular weight excluding hydrogens is 324 g/mol. The van der Waals surface area contributed by atoms with Crippen LogP contribution >= 0.6 is 0 Å². The van der Waals surface area contributed by atoms with Crippen LogP contribution in [0.3, 0.4) is 0 Å². The average Bonchev–Trinajstić information content (AvgIpc) is 2.52. The van der Waals surface area contributed by atoms with Gasteiger partial charge in [-0.15, -0.1) is 0 Å².